The lowest BCUT2D eigenvalue weighted by Crippen LogP contribution is -2.47. The topological polar surface area (TPSA) is 103 Å². The SMILES string of the molecule is COc1ccc(CN2C(=O)CCC(n3c(=O)n(C)c4c(C#CC5CCN(C(=O)OC(C)(C)C)CC5)cccc43)C2=O)cc1. The fourth-order valence-electron chi connectivity index (χ4n) is 5.69. The van der Waals surface area contributed by atoms with Crippen molar-refractivity contribution in [2.75, 3.05) is 20.2 Å². The van der Waals surface area contributed by atoms with Crippen LogP contribution in [0.1, 0.15) is 63.6 Å². The highest BCUT2D eigenvalue weighted by molar-refractivity contribution is 6.00. The van der Waals surface area contributed by atoms with Crippen LogP contribution in [0, 0.1) is 17.8 Å². The van der Waals surface area contributed by atoms with Gasteiger partial charge in [-0.25, -0.2) is 9.59 Å². The van der Waals surface area contributed by atoms with Gasteiger partial charge >= 0.3 is 11.8 Å². The van der Waals surface area contributed by atoms with Crippen molar-refractivity contribution in [2.24, 2.45) is 13.0 Å². The number of carbonyl (C=O) groups excluding carboxylic acids is 3. The third-order valence-corrected chi connectivity index (χ3v) is 7.96. The van der Waals surface area contributed by atoms with Gasteiger partial charge in [0, 0.05) is 32.5 Å². The van der Waals surface area contributed by atoms with Crippen LogP contribution in [0.3, 0.4) is 0 Å². The highest BCUT2D eigenvalue weighted by Gasteiger charge is 2.37. The monoisotopic (exact) mass is 586 g/mol. The first-order chi connectivity index (χ1) is 20.5. The Kier molecular flexibility index (Phi) is 8.36. The number of rotatable bonds is 4. The molecule has 2 aliphatic rings. The first kappa shape index (κ1) is 30.0. The second-order valence-electron chi connectivity index (χ2n) is 12.1. The Balaban J connectivity index is 1.37. The van der Waals surface area contributed by atoms with E-state index in [1.165, 1.54) is 14.0 Å². The Morgan fingerprint density at radius 3 is 2.35 bits per heavy atom. The normalized spacial score (nSPS) is 18.0. The smallest absolute Gasteiger partial charge is 0.410 e. The molecule has 0 saturated carbocycles. The molecule has 10 nitrogen and oxygen atoms in total. The van der Waals surface area contributed by atoms with Gasteiger partial charge in [0.15, 0.2) is 0 Å². The number of methoxy groups -OCH3 is 1. The summed E-state index contributed by atoms with van der Waals surface area (Å²) in [7, 11) is 3.26. The zero-order valence-electron chi connectivity index (χ0n) is 25.4. The number of hydrogen-bond donors (Lipinski definition) is 0. The van der Waals surface area contributed by atoms with E-state index in [0.717, 1.165) is 18.4 Å². The number of likely N-dealkylation sites (tertiary alicyclic amines) is 2. The lowest BCUT2D eigenvalue weighted by molar-refractivity contribution is -0.151. The molecule has 0 radical (unpaired) electrons. The third kappa shape index (κ3) is 6.31. The number of imide groups is 1. The average molecular weight is 587 g/mol. The summed E-state index contributed by atoms with van der Waals surface area (Å²) >= 11 is 0. The predicted molar refractivity (Wildman–Crippen MR) is 161 cm³/mol. The maximum Gasteiger partial charge on any atom is 0.410 e. The van der Waals surface area contributed by atoms with E-state index in [1.807, 2.05) is 51.1 Å². The van der Waals surface area contributed by atoms with Gasteiger partial charge in [0.1, 0.15) is 17.4 Å². The molecule has 0 aliphatic carbocycles. The fourth-order valence-corrected chi connectivity index (χ4v) is 5.69. The molecular weight excluding hydrogens is 548 g/mol. The quantitative estimate of drug-likeness (QED) is 0.335. The minimum absolute atomic E-state index is 0.102. The maximum absolute atomic E-state index is 13.7. The largest absolute Gasteiger partial charge is 0.497 e. The third-order valence-electron chi connectivity index (χ3n) is 7.96. The molecule has 3 aromatic rings. The van der Waals surface area contributed by atoms with Gasteiger partial charge in [0.25, 0.3) is 5.91 Å². The number of aromatic nitrogens is 2. The van der Waals surface area contributed by atoms with Crippen LogP contribution in [-0.2, 0) is 27.9 Å². The lowest BCUT2D eigenvalue weighted by atomic mass is 9.97. The van der Waals surface area contributed by atoms with Gasteiger partial charge in [0.05, 0.1) is 30.3 Å². The van der Waals surface area contributed by atoms with Crippen LogP contribution < -0.4 is 10.4 Å². The second kappa shape index (κ2) is 12.0. The Hall–Kier alpha value is -4.52. The highest BCUT2D eigenvalue weighted by atomic mass is 16.6. The van der Waals surface area contributed by atoms with Gasteiger partial charge in [-0.05, 0) is 69.9 Å². The number of aryl methyl sites for hydroxylation is 1. The Labute approximate surface area is 251 Å². The molecule has 10 heteroatoms. The van der Waals surface area contributed by atoms with Crippen molar-refractivity contribution in [3.63, 3.8) is 0 Å². The summed E-state index contributed by atoms with van der Waals surface area (Å²) in [5, 5.41) is 0. The van der Waals surface area contributed by atoms with E-state index in [-0.39, 0.29) is 43.0 Å². The number of piperidine rings is 2. The summed E-state index contributed by atoms with van der Waals surface area (Å²) in [6.07, 6.45) is 1.58. The number of para-hydroxylation sites is 1. The van der Waals surface area contributed by atoms with Crippen molar-refractivity contribution in [1.29, 1.82) is 0 Å². The van der Waals surface area contributed by atoms with Crippen LogP contribution in [0.4, 0.5) is 4.79 Å². The lowest BCUT2D eigenvalue weighted by Gasteiger charge is -2.31. The second-order valence-corrected chi connectivity index (χ2v) is 12.1. The molecule has 3 heterocycles. The van der Waals surface area contributed by atoms with Crippen molar-refractivity contribution in [3.8, 4) is 17.6 Å². The van der Waals surface area contributed by atoms with Gasteiger partial charge in [-0.2, -0.15) is 0 Å². The van der Waals surface area contributed by atoms with Crippen molar-refractivity contribution < 1.29 is 23.9 Å². The Morgan fingerprint density at radius 2 is 1.70 bits per heavy atom. The number of ether oxygens (including phenoxy) is 2. The first-order valence-corrected chi connectivity index (χ1v) is 14.6. The molecule has 1 unspecified atom stereocenters. The van der Waals surface area contributed by atoms with Gasteiger partial charge in [0.2, 0.25) is 5.91 Å². The highest BCUT2D eigenvalue weighted by Crippen LogP contribution is 2.29. The van der Waals surface area contributed by atoms with Crippen LogP contribution in [0.5, 0.6) is 5.75 Å². The van der Waals surface area contributed by atoms with Crippen LogP contribution in [0.25, 0.3) is 11.0 Å². The van der Waals surface area contributed by atoms with Crippen LogP contribution in [0.15, 0.2) is 47.3 Å². The van der Waals surface area contributed by atoms with E-state index in [4.69, 9.17) is 9.47 Å². The van der Waals surface area contributed by atoms with E-state index >= 15 is 0 Å². The molecule has 0 spiro atoms. The predicted octanol–water partition coefficient (Wildman–Crippen LogP) is 4.24. The summed E-state index contributed by atoms with van der Waals surface area (Å²) in [6, 6.07) is 11.9. The molecular formula is C33H38N4O6. The van der Waals surface area contributed by atoms with Crippen molar-refractivity contribution in [1.82, 2.24) is 18.9 Å². The minimum atomic E-state index is -0.799. The zero-order chi connectivity index (χ0) is 30.9. The van der Waals surface area contributed by atoms with E-state index in [1.54, 1.807) is 31.2 Å². The van der Waals surface area contributed by atoms with Crippen molar-refractivity contribution in [2.45, 2.75) is 64.6 Å². The molecule has 3 amide bonds. The molecule has 1 atom stereocenters. The zero-order valence-corrected chi connectivity index (χ0v) is 25.4. The average Bonchev–Trinajstić information content (AvgIpc) is 3.23. The number of hydrogen-bond acceptors (Lipinski definition) is 6. The number of fused-ring (bicyclic) bond motifs is 1. The molecule has 226 valence electrons. The number of amides is 3. The molecule has 2 aliphatic heterocycles. The molecule has 2 aromatic carbocycles. The van der Waals surface area contributed by atoms with Gasteiger partial charge in [-0.15, -0.1) is 0 Å². The number of carbonyl (C=O) groups is 3. The fraction of sp³-hybridized carbons (Fsp3) is 0.455. The molecule has 1 aromatic heterocycles. The van der Waals surface area contributed by atoms with E-state index < -0.39 is 17.6 Å². The summed E-state index contributed by atoms with van der Waals surface area (Å²) in [5.74, 6) is 6.76. The van der Waals surface area contributed by atoms with Crippen LogP contribution in [0.2, 0.25) is 0 Å². The Morgan fingerprint density at radius 1 is 1.00 bits per heavy atom. The summed E-state index contributed by atoms with van der Waals surface area (Å²) in [6.45, 7) is 6.83. The van der Waals surface area contributed by atoms with E-state index in [2.05, 4.69) is 11.8 Å². The maximum atomic E-state index is 13.7. The number of nitrogens with zero attached hydrogens (tertiary/aromatic N) is 4. The molecule has 2 fully saturated rings. The van der Waals surface area contributed by atoms with Crippen LogP contribution >= 0.6 is 0 Å². The van der Waals surface area contributed by atoms with Gasteiger partial charge in [-0.3, -0.25) is 23.6 Å². The molecule has 2 saturated heterocycles. The van der Waals surface area contributed by atoms with Crippen molar-refractivity contribution >= 4 is 28.9 Å². The molecule has 0 N–H and O–H groups in total. The summed E-state index contributed by atoms with van der Waals surface area (Å²) in [4.78, 5) is 55.4. The first-order valence-electron chi connectivity index (χ1n) is 14.6. The Bertz CT molecular complexity index is 1660. The summed E-state index contributed by atoms with van der Waals surface area (Å²) in [5.41, 5.74) is 1.88. The molecule has 5 rings (SSSR count). The summed E-state index contributed by atoms with van der Waals surface area (Å²) < 4.78 is 13.7. The van der Waals surface area contributed by atoms with E-state index in [0.29, 0.717) is 35.4 Å². The van der Waals surface area contributed by atoms with E-state index in [9.17, 15) is 19.2 Å². The number of benzene rings is 2. The number of imidazole rings is 1. The molecule has 0 bridgehead atoms. The van der Waals surface area contributed by atoms with Crippen LogP contribution in [-0.4, -0.2) is 62.6 Å². The van der Waals surface area contributed by atoms with Gasteiger partial charge < -0.3 is 14.4 Å². The molecule has 43 heavy (non-hydrogen) atoms. The minimum Gasteiger partial charge on any atom is -0.497 e. The van der Waals surface area contributed by atoms with Gasteiger partial charge in [-0.1, -0.05) is 30.0 Å². The van der Waals surface area contributed by atoms with Crippen molar-refractivity contribution in [3.05, 3.63) is 64.1 Å². The standard InChI is InChI=1S/C33H38N4O6/c1-33(2,3)43-32(41)35-19-17-22(18-20-35)9-12-24-7-6-8-26-29(24)34(4)31(40)37(26)27-15-16-28(38)36(30(27)39)21-23-10-13-25(42-5)14-11-23/h6-8,10-11,13-14,22,27H,15-21H2,1-5H3.